The van der Waals surface area contributed by atoms with Gasteiger partial charge in [-0.25, -0.2) is 9.37 Å². The minimum absolute atomic E-state index is 0.278. The number of hydrogen-bond acceptors (Lipinski definition) is 1. The third kappa shape index (κ3) is 2.50. The van der Waals surface area contributed by atoms with Crippen LogP contribution in [0.1, 0.15) is 18.1 Å². The first-order valence-corrected chi connectivity index (χ1v) is 7.44. The highest BCUT2D eigenvalue weighted by Crippen LogP contribution is 2.33. The predicted octanol–water partition coefficient (Wildman–Crippen LogP) is 5.77. The first-order valence-electron chi connectivity index (χ1n) is 6.25. The van der Waals surface area contributed by atoms with Crippen LogP contribution >= 0.6 is 34.8 Å². The Morgan fingerprint density at radius 3 is 2.67 bits per heavy atom. The van der Waals surface area contributed by atoms with Crippen LogP contribution in [0.4, 0.5) is 4.39 Å². The Hall–Kier alpha value is -1.29. The summed E-state index contributed by atoms with van der Waals surface area (Å²) in [5.74, 6) is 0.0955. The molecule has 2 aromatic carbocycles. The highest BCUT2D eigenvalue weighted by Gasteiger charge is 2.20. The van der Waals surface area contributed by atoms with E-state index >= 15 is 0 Å². The molecule has 3 aromatic rings. The molecule has 0 radical (unpaired) electrons. The molecule has 0 bridgehead atoms. The van der Waals surface area contributed by atoms with Crippen LogP contribution in [0.3, 0.4) is 0 Å². The van der Waals surface area contributed by atoms with E-state index < -0.39 is 11.2 Å². The third-order valence-corrected chi connectivity index (χ3v) is 3.89. The molecule has 1 atom stereocenters. The van der Waals surface area contributed by atoms with Crippen molar-refractivity contribution in [1.29, 1.82) is 0 Å². The van der Waals surface area contributed by atoms with Gasteiger partial charge >= 0.3 is 0 Å². The number of fused-ring (bicyclic) bond motifs is 1. The van der Waals surface area contributed by atoms with E-state index in [1.807, 2.05) is 6.07 Å². The van der Waals surface area contributed by atoms with E-state index in [4.69, 9.17) is 34.8 Å². The van der Waals surface area contributed by atoms with Gasteiger partial charge in [-0.2, -0.15) is 0 Å². The van der Waals surface area contributed by atoms with Gasteiger partial charge in [-0.05, 0) is 37.3 Å². The molecule has 108 valence electrons. The minimum Gasteiger partial charge on any atom is -0.291 e. The molecule has 0 aliphatic rings. The third-order valence-electron chi connectivity index (χ3n) is 3.16. The quantitative estimate of drug-likeness (QED) is 0.540. The second-order valence-electron chi connectivity index (χ2n) is 4.62. The van der Waals surface area contributed by atoms with E-state index in [1.54, 1.807) is 23.6 Å². The summed E-state index contributed by atoms with van der Waals surface area (Å²) in [6.07, 6.45) is 0. The lowest BCUT2D eigenvalue weighted by molar-refractivity contribution is 0.616. The molecule has 6 heteroatoms. The normalized spacial score (nSPS) is 12.8. The molecule has 1 heterocycles. The molecule has 1 aromatic heterocycles. The van der Waals surface area contributed by atoms with E-state index in [-0.39, 0.29) is 5.69 Å². The van der Waals surface area contributed by atoms with E-state index in [0.29, 0.717) is 26.9 Å². The molecule has 0 saturated heterocycles. The Kier molecular flexibility index (Phi) is 3.82. The summed E-state index contributed by atoms with van der Waals surface area (Å²) in [5, 5.41) is 0.489. The van der Waals surface area contributed by atoms with Crippen molar-refractivity contribution < 1.29 is 4.39 Å². The second kappa shape index (κ2) is 5.48. The maximum atomic E-state index is 14.2. The lowest BCUT2D eigenvalue weighted by Gasteiger charge is -2.12. The van der Waals surface area contributed by atoms with Crippen molar-refractivity contribution in [3.05, 3.63) is 58.1 Å². The monoisotopic (exact) mass is 342 g/mol. The molecule has 0 aliphatic carbocycles. The SMILES string of the molecule is CC(Cl)c1nc2cccc(Cl)c2n1-c1cc(Cl)ccc1F. The fourth-order valence-electron chi connectivity index (χ4n) is 2.27. The minimum atomic E-state index is -0.419. The van der Waals surface area contributed by atoms with Gasteiger partial charge < -0.3 is 0 Å². The van der Waals surface area contributed by atoms with Crippen LogP contribution < -0.4 is 0 Å². The number of imidazole rings is 1. The molecule has 2 nitrogen and oxygen atoms in total. The van der Waals surface area contributed by atoms with Crippen LogP contribution in [0.2, 0.25) is 10.0 Å². The molecule has 3 rings (SSSR count). The number of hydrogen-bond donors (Lipinski definition) is 0. The van der Waals surface area contributed by atoms with Crippen molar-refractivity contribution in [1.82, 2.24) is 9.55 Å². The number of benzene rings is 2. The van der Waals surface area contributed by atoms with Crippen molar-refractivity contribution in [2.24, 2.45) is 0 Å². The van der Waals surface area contributed by atoms with Gasteiger partial charge in [-0.3, -0.25) is 4.57 Å². The Bertz CT molecular complexity index is 827. The highest BCUT2D eigenvalue weighted by molar-refractivity contribution is 6.35. The zero-order valence-electron chi connectivity index (χ0n) is 10.9. The van der Waals surface area contributed by atoms with Crippen molar-refractivity contribution in [2.75, 3.05) is 0 Å². The maximum absolute atomic E-state index is 14.2. The molecule has 1 unspecified atom stereocenters. The van der Waals surface area contributed by atoms with Gasteiger partial charge in [-0.1, -0.05) is 29.3 Å². The lowest BCUT2D eigenvalue weighted by atomic mass is 10.2. The van der Waals surface area contributed by atoms with E-state index in [2.05, 4.69) is 4.98 Å². The van der Waals surface area contributed by atoms with Crippen molar-refractivity contribution in [2.45, 2.75) is 12.3 Å². The van der Waals surface area contributed by atoms with Gasteiger partial charge in [0.15, 0.2) is 0 Å². The average Bonchev–Trinajstić information content (AvgIpc) is 2.82. The van der Waals surface area contributed by atoms with E-state index in [9.17, 15) is 4.39 Å². The lowest BCUT2D eigenvalue weighted by Crippen LogP contribution is -2.04. The fraction of sp³-hybridized carbons (Fsp3) is 0.133. The maximum Gasteiger partial charge on any atom is 0.147 e. The molecule has 0 fully saturated rings. The molecular weight excluding hydrogens is 334 g/mol. The van der Waals surface area contributed by atoms with E-state index in [1.165, 1.54) is 18.2 Å². The van der Waals surface area contributed by atoms with Crippen LogP contribution in [0.5, 0.6) is 0 Å². The Morgan fingerprint density at radius 2 is 1.95 bits per heavy atom. The van der Waals surface area contributed by atoms with Crippen molar-refractivity contribution >= 4 is 45.8 Å². The van der Waals surface area contributed by atoms with Crippen molar-refractivity contribution in [3.8, 4) is 5.69 Å². The average molecular weight is 344 g/mol. The smallest absolute Gasteiger partial charge is 0.147 e. The first kappa shape index (κ1) is 14.6. The van der Waals surface area contributed by atoms with Crippen LogP contribution in [0, 0.1) is 5.82 Å². The number of halogens is 4. The van der Waals surface area contributed by atoms with Gasteiger partial charge in [0, 0.05) is 5.02 Å². The first-order chi connectivity index (χ1) is 9.99. The van der Waals surface area contributed by atoms with Gasteiger partial charge in [0.2, 0.25) is 0 Å². The Labute approximate surface area is 136 Å². The molecular formula is C15H10Cl3FN2. The standard InChI is InChI=1S/C15H10Cl3FN2/c1-8(16)15-20-12-4-2-3-10(18)14(12)21(15)13-7-9(17)5-6-11(13)19/h2-8H,1H3. The molecule has 21 heavy (non-hydrogen) atoms. The van der Waals surface area contributed by atoms with Gasteiger partial charge in [0.05, 0.1) is 27.1 Å². The number of aromatic nitrogens is 2. The largest absolute Gasteiger partial charge is 0.291 e. The van der Waals surface area contributed by atoms with Crippen LogP contribution in [0.25, 0.3) is 16.7 Å². The highest BCUT2D eigenvalue weighted by atomic mass is 35.5. The number of para-hydroxylation sites is 1. The summed E-state index contributed by atoms with van der Waals surface area (Å²) >= 11 is 18.4. The number of alkyl halides is 1. The predicted molar refractivity (Wildman–Crippen MR) is 85.3 cm³/mol. The van der Waals surface area contributed by atoms with E-state index in [0.717, 1.165) is 0 Å². The summed E-state index contributed by atoms with van der Waals surface area (Å²) in [5.41, 5.74) is 1.55. The number of nitrogens with zero attached hydrogens (tertiary/aromatic N) is 2. The van der Waals surface area contributed by atoms with Gasteiger partial charge in [0.1, 0.15) is 11.6 Å². The van der Waals surface area contributed by atoms with Crippen molar-refractivity contribution in [3.63, 3.8) is 0 Å². The topological polar surface area (TPSA) is 17.8 Å². The van der Waals surface area contributed by atoms with Gasteiger partial charge in [0.25, 0.3) is 0 Å². The van der Waals surface area contributed by atoms with Crippen LogP contribution in [-0.2, 0) is 0 Å². The summed E-state index contributed by atoms with van der Waals surface area (Å²) in [4.78, 5) is 4.46. The summed E-state index contributed by atoms with van der Waals surface area (Å²) in [6, 6.07) is 9.66. The Morgan fingerprint density at radius 1 is 1.19 bits per heavy atom. The van der Waals surface area contributed by atoms with Crippen LogP contribution in [0.15, 0.2) is 36.4 Å². The fourth-order valence-corrected chi connectivity index (χ4v) is 2.84. The molecule has 0 spiro atoms. The molecule has 0 aliphatic heterocycles. The second-order valence-corrected chi connectivity index (χ2v) is 6.12. The molecule has 0 saturated carbocycles. The molecule has 0 amide bonds. The number of rotatable bonds is 2. The van der Waals surface area contributed by atoms with Crippen LogP contribution in [-0.4, -0.2) is 9.55 Å². The van der Waals surface area contributed by atoms with Gasteiger partial charge in [-0.15, -0.1) is 11.6 Å². The Balaban J connectivity index is 2.44. The molecule has 0 N–H and O–H groups in total. The zero-order chi connectivity index (χ0) is 15.1. The summed E-state index contributed by atoms with van der Waals surface area (Å²) < 4.78 is 15.9. The zero-order valence-corrected chi connectivity index (χ0v) is 13.2. The summed E-state index contributed by atoms with van der Waals surface area (Å²) in [6.45, 7) is 1.77. The summed E-state index contributed by atoms with van der Waals surface area (Å²) in [7, 11) is 0.